The average Bonchev–Trinajstić information content (AvgIpc) is 3.08. The number of thiazole rings is 1. The van der Waals surface area contributed by atoms with Gasteiger partial charge in [0, 0.05) is 11.1 Å². The monoisotopic (exact) mass is 411 g/mol. The average molecular weight is 412 g/mol. The molecule has 0 aliphatic heterocycles. The highest BCUT2D eigenvalue weighted by Gasteiger charge is 2.20. The quantitative estimate of drug-likeness (QED) is 0.563. The second kappa shape index (κ2) is 8.25. The van der Waals surface area contributed by atoms with Gasteiger partial charge < -0.3 is 14.6 Å². The van der Waals surface area contributed by atoms with Crippen LogP contribution in [0.4, 0.5) is 0 Å². The summed E-state index contributed by atoms with van der Waals surface area (Å²) in [5.41, 5.74) is 3.48. The minimum Gasteiger partial charge on any atom is -0.497 e. The first-order valence-corrected chi connectivity index (χ1v) is 10.1. The van der Waals surface area contributed by atoms with Crippen molar-refractivity contribution in [2.45, 2.75) is 39.7 Å². The third kappa shape index (κ3) is 4.77. The predicted molar refractivity (Wildman–Crippen MR) is 115 cm³/mol. The number of carboxylic acids is 1. The largest absolute Gasteiger partial charge is 0.497 e. The van der Waals surface area contributed by atoms with E-state index in [9.17, 15) is 9.90 Å². The summed E-state index contributed by atoms with van der Waals surface area (Å²) in [4.78, 5) is 15.9. The Bertz CT molecular complexity index is 1020. The van der Waals surface area contributed by atoms with Gasteiger partial charge in [-0.15, -0.1) is 11.3 Å². The predicted octanol–water partition coefficient (Wildman–Crippen LogP) is 5.70. The SMILES string of the molecule is COc1ccc(OCc2ccc(-c3nc(C)c(C(=O)O)s3)cc2)c(C(C)(C)C)c1. The number of nitrogens with zero attached hydrogens (tertiary/aromatic N) is 1. The second-order valence-corrected chi connectivity index (χ2v) is 8.84. The summed E-state index contributed by atoms with van der Waals surface area (Å²) in [6.45, 7) is 8.58. The van der Waals surface area contributed by atoms with Crippen molar-refractivity contribution in [2.75, 3.05) is 7.11 Å². The Labute approximate surface area is 175 Å². The summed E-state index contributed by atoms with van der Waals surface area (Å²) >= 11 is 1.19. The molecule has 0 aliphatic carbocycles. The zero-order valence-corrected chi connectivity index (χ0v) is 18.1. The number of rotatable bonds is 6. The molecule has 0 aliphatic rings. The molecule has 1 heterocycles. The highest BCUT2D eigenvalue weighted by atomic mass is 32.1. The van der Waals surface area contributed by atoms with E-state index in [-0.39, 0.29) is 10.3 Å². The minimum atomic E-state index is -0.939. The van der Waals surface area contributed by atoms with E-state index >= 15 is 0 Å². The lowest BCUT2D eigenvalue weighted by atomic mass is 9.86. The Morgan fingerprint density at radius 2 is 1.83 bits per heavy atom. The van der Waals surface area contributed by atoms with Crippen LogP contribution < -0.4 is 9.47 Å². The van der Waals surface area contributed by atoms with Gasteiger partial charge in [0.2, 0.25) is 0 Å². The number of ether oxygens (including phenoxy) is 2. The molecule has 0 fully saturated rings. The van der Waals surface area contributed by atoms with E-state index in [0.717, 1.165) is 28.2 Å². The van der Waals surface area contributed by atoms with Gasteiger partial charge in [-0.3, -0.25) is 0 Å². The highest BCUT2D eigenvalue weighted by Crippen LogP contribution is 2.35. The van der Waals surface area contributed by atoms with E-state index in [1.165, 1.54) is 11.3 Å². The molecule has 6 heteroatoms. The van der Waals surface area contributed by atoms with Gasteiger partial charge in [0.25, 0.3) is 0 Å². The maximum absolute atomic E-state index is 11.2. The van der Waals surface area contributed by atoms with E-state index in [1.807, 2.05) is 42.5 Å². The molecule has 152 valence electrons. The van der Waals surface area contributed by atoms with Gasteiger partial charge in [0.05, 0.1) is 12.8 Å². The summed E-state index contributed by atoms with van der Waals surface area (Å²) in [7, 11) is 1.66. The Morgan fingerprint density at radius 3 is 2.38 bits per heavy atom. The van der Waals surface area contributed by atoms with E-state index in [2.05, 4.69) is 25.8 Å². The Kier molecular flexibility index (Phi) is 5.94. The molecule has 0 bridgehead atoms. The third-order valence-electron chi connectivity index (χ3n) is 4.58. The highest BCUT2D eigenvalue weighted by molar-refractivity contribution is 7.17. The molecule has 0 spiro atoms. The number of aromatic carboxylic acids is 1. The third-order valence-corrected chi connectivity index (χ3v) is 5.78. The standard InChI is InChI=1S/C23H25NO4S/c1-14-20(22(25)26)29-21(24-14)16-8-6-15(7-9-16)13-28-19-11-10-17(27-5)12-18(19)23(2,3)4/h6-12H,13H2,1-5H3,(H,25,26). The van der Waals surface area contributed by atoms with Gasteiger partial charge >= 0.3 is 5.97 Å². The first-order chi connectivity index (χ1) is 13.7. The lowest BCUT2D eigenvalue weighted by Gasteiger charge is -2.23. The second-order valence-electron chi connectivity index (χ2n) is 7.84. The number of hydrogen-bond acceptors (Lipinski definition) is 5. The van der Waals surface area contributed by atoms with Crippen molar-refractivity contribution in [1.82, 2.24) is 4.98 Å². The fourth-order valence-corrected chi connectivity index (χ4v) is 3.88. The van der Waals surface area contributed by atoms with E-state index < -0.39 is 5.97 Å². The van der Waals surface area contributed by atoms with Crippen molar-refractivity contribution in [2.24, 2.45) is 0 Å². The number of hydrogen-bond donors (Lipinski definition) is 1. The van der Waals surface area contributed by atoms with Crippen LogP contribution in [0.5, 0.6) is 11.5 Å². The zero-order valence-electron chi connectivity index (χ0n) is 17.3. The van der Waals surface area contributed by atoms with Crippen LogP contribution in [-0.2, 0) is 12.0 Å². The van der Waals surface area contributed by atoms with Crippen molar-refractivity contribution < 1.29 is 19.4 Å². The first kappa shape index (κ1) is 20.9. The normalized spacial score (nSPS) is 11.3. The molecule has 29 heavy (non-hydrogen) atoms. The number of aromatic nitrogens is 1. The molecule has 2 aromatic carbocycles. The number of benzene rings is 2. The molecule has 0 atom stereocenters. The van der Waals surface area contributed by atoms with E-state index in [4.69, 9.17) is 9.47 Å². The lowest BCUT2D eigenvalue weighted by Crippen LogP contribution is -2.13. The topological polar surface area (TPSA) is 68.7 Å². The molecule has 0 radical (unpaired) electrons. The number of aryl methyl sites for hydroxylation is 1. The van der Waals surface area contributed by atoms with E-state index in [1.54, 1.807) is 14.0 Å². The molecular formula is C23H25NO4S. The van der Waals surface area contributed by atoms with E-state index in [0.29, 0.717) is 17.3 Å². The molecule has 0 saturated heterocycles. The smallest absolute Gasteiger partial charge is 0.347 e. The van der Waals surface area contributed by atoms with Crippen molar-refractivity contribution >= 4 is 17.3 Å². The summed E-state index contributed by atoms with van der Waals surface area (Å²) < 4.78 is 11.5. The van der Waals surface area contributed by atoms with Crippen molar-refractivity contribution in [3.8, 4) is 22.1 Å². The molecule has 1 aromatic heterocycles. The van der Waals surface area contributed by atoms with Crippen LogP contribution >= 0.6 is 11.3 Å². The maximum Gasteiger partial charge on any atom is 0.347 e. The zero-order chi connectivity index (χ0) is 21.2. The van der Waals surface area contributed by atoms with Gasteiger partial charge in [-0.2, -0.15) is 0 Å². The van der Waals surface area contributed by atoms with Crippen molar-refractivity contribution in [3.05, 3.63) is 64.2 Å². The van der Waals surface area contributed by atoms with Crippen LogP contribution in [0.25, 0.3) is 10.6 Å². The van der Waals surface area contributed by atoms with Crippen LogP contribution in [0, 0.1) is 6.92 Å². The Morgan fingerprint density at radius 1 is 1.14 bits per heavy atom. The fraction of sp³-hybridized carbons (Fsp3) is 0.304. The molecule has 3 aromatic rings. The number of methoxy groups -OCH3 is 1. The first-order valence-electron chi connectivity index (χ1n) is 9.30. The Hall–Kier alpha value is -2.86. The van der Waals surface area contributed by atoms with Gasteiger partial charge in [-0.05, 0) is 36.1 Å². The maximum atomic E-state index is 11.2. The van der Waals surface area contributed by atoms with Gasteiger partial charge in [0.1, 0.15) is 28.0 Å². The van der Waals surface area contributed by atoms with Gasteiger partial charge in [-0.25, -0.2) is 9.78 Å². The summed E-state index contributed by atoms with van der Waals surface area (Å²) in [5.74, 6) is 0.709. The molecule has 3 rings (SSSR count). The minimum absolute atomic E-state index is 0.0712. The van der Waals surface area contributed by atoms with Crippen LogP contribution in [0.3, 0.4) is 0 Å². The van der Waals surface area contributed by atoms with Gasteiger partial charge in [-0.1, -0.05) is 45.0 Å². The van der Waals surface area contributed by atoms with Gasteiger partial charge in [0.15, 0.2) is 0 Å². The number of carbonyl (C=O) groups is 1. The van der Waals surface area contributed by atoms with Crippen molar-refractivity contribution in [3.63, 3.8) is 0 Å². The van der Waals surface area contributed by atoms with Crippen LogP contribution in [0.2, 0.25) is 0 Å². The van der Waals surface area contributed by atoms with Crippen LogP contribution in [0.1, 0.15) is 47.3 Å². The molecule has 0 saturated carbocycles. The number of carboxylic acid groups (broad SMARTS) is 1. The van der Waals surface area contributed by atoms with Crippen molar-refractivity contribution in [1.29, 1.82) is 0 Å². The molecule has 0 amide bonds. The summed E-state index contributed by atoms with van der Waals surface area (Å²) in [6, 6.07) is 13.7. The molecule has 1 N–H and O–H groups in total. The molecular weight excluding hydrogens is 386 g/mol. The molecule has 0 unspecified atom stereocenters. The van der Waals surface area contributed by atoms with Crippen LogP contribution in [-0.4, -0.2) is 23.2 Å². The lowest BCUT2D eigenvalue weighted by molar-refractivity contribution is 0.0701. The van der Waals surface area contributed by atoms with Crippen LogP contribution in [0.15, 0.2) is 42.5 Å². The Balaban J connectivity index is 1.76. The fourth-order valence-electron chi connectivity index (χ4n) is 2.97. The summed E-state index contributed by atoms with van der Waals surface area (Å²) in [5, 5.41) is 9.91. The molecule has 5 nitrogen and oxygen atoms in total. The summed E-state index contributed by atoms with van der Waals surface area (Å²) in [6.07, 6.45) is 0.